The maximum atomic E-state index is 12.7. The molecule has 3 aromatic carbocycles. The number of carboxylic acids is 1. The minimum Gasteiger partial charge on any atom is -0.477 e. The number of aryl methyl sites for hydroxylation is 1. The Hall–Kier alpha value is -4.17. The zero-order valence-electron chi connectivity index (χ0n) is 18.0. The molecule has 1 aromatic heterocycles. The quantitative estimate of drug-likeness (QED) is 0.288. The van der Waals surface area contributed by atoms with E-state index in [1.54, 1.807) is 43.3 Å². The molecule has 0 radical (unpaired) electrons. The normalized spacial score (nSPS) is 11.2. The number of hydrogen-bond acceptors (Lipinski definition) is 5. The largest absolute Gasteiger partial charge is 0.477 e. The zero-order chi connectivity index (χ0) is 24.1. The summed E-state index contributed by atoms with van der Waals surface area (Å²) < 4.78 is 12.2. The van der Waals surface area contributed by atoms with Gasteiger partial charge in [-0.05, 0) is 70.9 Å². The molecule has 0 aliphatic carbocycles. The second-order valence-corrected chi connectivity index (χ2v) is 8.06. The lowest BCUT2D eigenvalue weighted by molar-refractivity contribution is -0.132. The van der Waals surface area contributed by atoms with E-state index in [0.717, 1.165) is 4.47 Å². The maximum Gasteiger partial charge on any atom is 0.352 e. The molecule has 0 unspecified atom stereocenters. The Labute approximate surface area is 203 Å². The fourth-order valence-corrected chi connectivity index (χ4v) is 3.46. The van der Waals surface area contributed by atoms with Crippen LogP contribution >= 0.6 is 15.9 Å². The summed E-state index contributed by atoms with van der Waals surface area (Å²) in [5, 5.41) is 12.0. The van der Waals surface area contributed by atoms with Crippen LogP contribution in [0.2, 0.25) is 0 Å². The molecule has 0 saturated heterocycles. The molecule has 4 rings (SSSR count). The topological polar surface area (TPSA) is 102 Å². The van der Waals surface area contributed by atoms with Gasteiger partial charge in [0.1, 0.15) is 23.0 Å². The third kappa shape index (κ3) is 5.41. The van der Waals surface area contributed by atoms with Crippen molar-refractivity contribution in [3.63, 3.8) is 0 Å². The monoisotopic (exact) mass is 518 g/mol. The number of carbonyl (C=O) groups excluding carboxylic acids is 1. The highest BCUT2D eigenvalue weighted by atomic mass is 79.9. The Kier molecular flexibility index (Phi) is 6.89. The molecule has 0 atom stereocenters. The van der Waals surface area contributed by atoms with E-state index in [4.69, 9.17) is 9.15 Å². The molecule has 2 N–H and O–H groups in total. The molecule has 34 heavy (non-hydrogen) atoms. The summed E-state index contributed by atoms with van der Waals surface area (Å²) >= 11 is 3.43. The Balaban J connectivity index is 1.51. The number of carboxylic acid groups (broad SMARTS) is 1. The predicted octanol–water partition coefficient (Wildman–Crippen LogP) is 6.06. The summed E-state index contributed by atoms with van der Waals surface area (Å²) in [7, 11) is 0. The molecule has 1 heterocycles. The van der Waals surface area contributed by atoms with Crippen molar-refractivity contribution in [1.82, 2.24) is 10.3 Å². The summed E-state index contributed by atoms with van der Waals surface area (Å²) in [5.41, 5.74) is 0.999. The lowest BCUT2D eigenvalue weighted by Crippen LogP contribution is -2.28. The Morgan fingerprint density at radius 2 is 1.68 bits per heavy atom. The number of aliphatic carboxylic acids is 1. The molecule has 4 aromatic rings. The zero-order valence-corrected chi connectivity index (χ0v) is 19.6. The van der Waals surface area contributed by atoms with E-state index < -0.39 is 11.9 Å². The average Bonchev–Trinajstić information content (AvgIpc) is 3.23. The number of carbonyl (C=O) groups is 2. The van der Waals surface area contributed by atoms with Gasteiger partial charge in [0.2, 0.25) is 5.89 Å². The number of para-hydroxylation sites is 1. The van der Waals surface area contributed by atoms with Gasteiger partial charge in [-0.3, -0.25) is 4.79 Å². The second-order valence-electron chi connectivity index (χ2n) is 7.21. The lowest BCUT2D eigenvalue weighted by atomic mass is 10.2. The summed E-state index contributed by atoms with van der Waals surface area (Å²) in [5.74, 6) is -0.157. The highest BCUT2D eigenvalue weighted by molar-refractivity contribution is 9.10. The third-order valence-electron chi connectivity index (χ3n) is 4.77. The number of ether oxygens (including phenoxy) is 1. The van der Waals surface area contributed by atoms with Crippen LogP contribution < -0.4 is 10.1 Å². The number of halogens is 1. The Bertz CT molecular complexity index is 1360. The van der Waals surface area contributed by atoms with Crippen molar-refractivity contribution in [3.05, 3.63) is 106 Å². The van der Waals surface area contributed by atoms with E-state index in [2.05, 4.69) is 26.2 Å². The van der Waals surface area contributed by atoms with Crippen molar-refractivity contribution in [3.8, 4) is 23.0 Å². The molecular weight excluding hydrogens is 500 g/mol. The van der Waals surface area contributed by atoms with Gasteiger partial charge in [-0.15, -0.1) is 0 Å². The molecule has 8 heteroatoms. The summed E-state index contributed by atoms with van der Waals surface area (Å²) in [4.78, 5) is 28.8. The summed E-state index contributed by atoms with van der Waals surface area (Å²) in [6.45, 7) is 1.60. The van der Waals surface area contributed by atoms with Crippen molar-refractivity contribution in [2.45, 2.75) is 6.92 Å². The van der Waals surface area contributed by atoms with Gasteiger partial charge in [-0.2, -0.15) is 0 Å². The number of nitrogens with one attached hydrogen (secondary N) is 1. The number of rotatable bonds is 7. The smallest absolute Gasteiger partial charge is 0.352 e. The van der Waals surface area contributed by atoms with Crippen LogP contribution in [0.25, 0.3) is 17.5 Å². The van der Waals surface area contributed by atoms with Crippen LogP contribution in [0.15, 0.2) is 93.4 Å². The third-order valence-corrected chi connectivity index (χ3v) is 5.42. The van der Waals surface area contributed by atoms with Crippen molar-refractivity contribution in [2.24, 2.45) is 0 Å². The van der Waals surface area contributed by atoms with E-state index in [0.29, 0.717) is 22.6 Å². The fourth-order valence-electron chi connectivity index (χ4n) is 3.10. The minimum atomic E-state index is -1.29. The number of hydrogen-bond donors (Lipinski definition) is 2. The van der Waals surface area contributed by atoms with Gasteiger partial charge in [0.25, 0.3) is 5.91 Å². The molecule has 0 bridgehead atoms. The van der Waals surface area contributed by atoms with E-state index >= 15 is 0 Å². The number of nitrogens with zero attached hydrogens (tertiary/aromatic N) is 1. The fraction of sp³-hybridized carbons (Fsp3) is 0.0385. The standard InChI is InChI=1S/C26H19BrN2O5/c1-16-23(29-25(33-16)18-7-3-2-4-8-18)24(30)28-21(26(31)32)15-17-11-13-19(14-12-17)34-22-10-6-5-9-20(22)27/h2-15H,1H3,(H,28,30)(H,31,32)/b21-15+. The number of oxazole rings is 1. The average molecular weight is 519 g/mol. The van der Waals surface area contributed by atoms with Crippen LogP contribution in [0.1, 0.15) is 21.8 Å². The van der Waals surface area contributed by atoms with Gasteiger partial charge in [0, 0.05) is 5.56 Å². The van der Waals surface area contributed by atoms with Crippen LogP contribution in [-0.4, -0.2) is 22.0 Å². The van der Waals surface area contributed by atoms with Crippen molar-refractivity contribution < 1.29 is 23.8 Å². The lowest BCUT2D eigenvalue weighted by Gasteiger charge is -2.08. The summed E-state index contributed by atoms with van der Waals surface area (Å²) in [6.07, 6.45) is 1.36. The second kappa shape index (κ2) is 10.2. The molecule has 0 saturated carbocycles. The highest BCUT2D eigenvalue weighted by Crippen LogP contribution is 2.29. The molecule has 170 valence electrons. The molecule has 7 nitrogen and oxygen atoms in total. The van der Waals surface area contributed by atoms with Gasteiger partial charge < -0.3 is 19.6 Å². The van der Waals surface area contributed by atoms with Crippen molar-refractivity contribution >= 4 is 33.9 Å². The van der Waals surface area contributed by atoms with Crippen LogP contribution in [0.4, 0.5) is 0 Å². The van der Waals surface area contributed by atoms with E-state index in [9.17, 15) is 14.7 Å². The van der Waals surface area contributed by atoms with E-state index in [-0.39, 0.29) is 23.0 Å². The first kappa shape index (κ1) is 23.0. The molecule has 1 amide bonds. The van der Waals surface area contributed by atoms with Crippen LogP contribution in [-0.2, 0) is 4.79 Å². The number of amides is 1. The van der Waals surface area contributed by atoms with Crippen molar-refractivity contribution in [1.29, 1.82) is 0 Å². The first-order valence-electron chi connectivity index (χ1n) is 10.2. The number of benzene rings is 3. The van der Waals surface area contributed by atoms with E-state index in [1.165, 1.54) is 6.08 Å². The first-order chi connectivity index (χ1) is 16.4. The van der Waals surface area contributed by atoms with Crippen LogP contribution in [0, 0.1) is 6.92 Å². The molecule has 0 aliphatic rings. The molecule has 0 spiro atoms. The van der Waals surface area contributed by atoms with Gasteiger partial charge >= 0.3 is 5.97 Å². The van der Waals surface area contributed by atoms with Crippen LogP contribution in [0.3, 0.4) is 0 Å². The summed E-state index contributed by atoms with van der Waals surface area (Å²) in [6, 6.07) is 23.4. The minimum absolute atomic E-state index is 0.0168. The Morgan fingerprint density at radius 3 is 2.35 bits per heavy atom. The molecule has 0 aliphatic heterocycles. The van der Waals surface area contributed by atoms with Gasteiger partial charge in [0.05, 0.1) is 4.47 Å². The van der Waals surface area contributed by atoms with E-state index in [1.807, 2.05) is 42.5 Å². The van der Waals surface area contributed by atoms with Gasteiger partial charge in [0.15, 0.2) is 5.69 Å². The number of aromatic nitrogens is 1. The maximum absolute atomic E-state index is 12.7. The first-order valence-corrected chi connectivity index (χ1v) is 11.0. The molecular formula is C26H19BrN2O5. The van der Waals surface area contributed by atoms with Gasteiger partial charge in [-0.25, -0.2) is 9.78 Å². The Morgan fingerprint density at radius 1 is 1.00 bits per heavy atom. The SMILES string of the molecule is Cc1oc(-c2ccccc2)nc1C(=O)N/C(=C/c1ccc(Oc2ccccc2Br)cc1)C(=O)O. The highest BCUT2D eigenvalue weighted by Gasteiger charge is 2.21. The predicted molar refractivity (Wildman–Crippen MR) is 130 cm³/mol. The van der Waals surface area contributed by atoms with Crippen molar-refractivity contribution in [2.75, 3.05) is 0 Å². The van der Waals surface area contributed by atoms with Gasteiger partial charge in [-0.1, -0.05) is 42.5 Å². The van der Waals surface area contributed by atoms with Crippen LogP contribution in [0.5, 0.6) is 11.5 Å². The molecule has 0 fully saturated rings.